The van der Waals surface area contributed by atoms with Crippen molar-refractivity contribution >= 4 is 10.1 Å². The molecule has 8 heteroatoms. The number of hydrogen-bond donors (Lipinski definition) is 0. The smallest absolute Gasteiger partial charge is 0.197 e. The van der Waals surface area contributed by atoms with Gasteiger partial charge in [-0.2, -0.15) is 0 Å². The molecule has 7 nitrogen and oxygen atoms in total. The van der Waals surface area contributed by atoms with Gasteiger partial charge in [0.15, 0.2) is 18.6 Å². The lowest BCUT2D eigenvalue weighted by atomic mass is 10.2. The third kappa shape index (κ3) is 4.04. The lowest BCUT2D eigenvalue weighted by Crippen LogP contribution is -2.40. The van der Waals surface area contributed by atoms with Gasteiger partial charge in [-0.05, 0) is 25.0 Å². The molecule has 20 heavy (non-hydrogen) atoms. The molecule has 0 N–H and O–H groups in total. The van der Waals surface area contributed by atoms with Gasteiger partial charge in [0.05, 0.1) is 5.75 Å². The molecule has 0 aliphatic heterocycles. The Hall–Kier alpha value is -1.93. The van der Waals surface area contributed by atoms with Crippen LogP contribution in [0, 0.1) is 13.8 Å². The summed E-state index contributed by atoms with van der Waals surface area (Å²) in [6.45, 7) is 3.79. The molecule has 2 heterocycles. The van der Waals surface area contributed by atoms with E-state index in [1.165, 1.54) is 4.68 Å². The zero-order valence-corrected chi connectivity index (χ0v) is 12.0. The predicted octanol–water partition coefficient (Wildman–Crippen LogP) is -0.0119. The molecule has 0 amide bonds. The fourth-order valence-electron chi connectivity index (χ4n) is 1.71. The normalized spacial score (nSPS) is 11.6. The van der Waals surface area contributed by atoms with Crippen LogP contribution in [0.1, 0.15) is 11.4 Å². The topological polar surface area (TPSA) is 99.8 Å². The summed E-state index contributed by atoms with van der Waals surface area (Å²) in [6.07, 6.45) is 3.15. The van der Waals surface area contributed by atoms with Crippen molar-refractivity contribution in [1.29, 1.82) is 0 Å². The average Bonchev–Trinajstić information content (AvgIpc) is 2.35. The highest BCUT2D eigenvalue weighted by Gasteiger charge is 2.09. The third-order valence-corrected chi connectivity index (χ3v) is 3.26. The zero-order chi connectivity index (χ0) is 14.8. The van der Waals surface area contributed by atoms with Crippen LogP contribution in [0.15, 0.2) is 24.5 Å². The molecule has 0 atom stereocenters. The molecule has 2 rings (SSSR count). The number of aromatic nitrogens is 4. The Labute approximate surface area is 117 Å². The second-order valence-corrected chi connectivity index (χ2v) is 5.94. The monoisotopic (exact) mass is 294 g/mol. The van der Waals surface area contributed by atoms with Crippen LogP contribution in [-0.4, -0.2) is 33.8 Å². The molecule has 0 saturated heterocycles. The Balaban J connectivity index is 2.19. The van der Waals surface area contributed by atoms with Crippen LogP contribution in [0.4, 0.5) is 0 Å². The van der Waals surface area contributed by atoms with Gasteiger partial charge in [0.25, 0.3) is 0 Å². The second kappa shape index (κ2) is 5.59. The summed E-state index contributed by atoms with van der Waals surface area (Å²) < 4.78 is 33.0. The molecule has 0 aliphatic rings. The molecule has 0 radical (unpaired) electrons. The van der Waals surface area contributed by atoms with E-state index in [1.54, 1.807) is 18.5 Å². The second-order valence-electron chi connectivity index (χ2n) is 4.41. The van der Waals surface area contributed by atoms with Crippen LogP contribution in [-0.2, 0) is 16.7 Å². The molecular formula is C12H14N4O3S. The molecule has 0 fully saturated rings. The van der Waals surface area contributed by atoms with Gasteiger partial charge < -0.3 is 4.55 Å². The van der Waals surface area contributed by atoms with E-state index in [4.69, 9.17) is 0 Å². The van der Waals surface area contributed by atoms with Gasteiger partial charge in [0, 0.05) is 23.0 Å². The number of rotatable bonds is 4. The lowest BCUT2D eigenvalue weighted by Gasteiger charge is -2.03. The molecular weight excluding hydrogens is 280 g/mol. The van der Waals surface area contributed by atoms with E-state index in [1.807, 2.05) is 19.9 Å². The molecule has 0 saturated carbocycles. The maximum Gasteiger partial charge on any atom is 0.197 e. The van der Waals surface area contributed by atoms with Crippen LogP contribution >= 0.6 is 0 Å². The molecule has 0 aliphatic carbocycles. The van der Waals surface area contributed by atoms with E-state index >= 15 is 0 Å². The van der Waals surface area contributed by atoms with Crippen LogP contribution in [0.3, 0.4) is 0 Å². The predicted molar refractivity (Wildman–Crippen MR) is 69.5 cm³/mol. The van der Waals surface area contributed by atoms with Gasteiger partial charge in [-0.15, -0.1) is 0 Å². The van der Waals surface area contributed by atoms with Crippen LogP contribution in [0.5, 0.6) is 0 Å². The minimum Gasteiger partial charge on any atom is -0.748 e. The summed E-state index contributed by atoms with van der Waals surface area (Å²) in [5, 5.41) is 4.05. The SMILES string of the molecule is Cc1cc(C)nc(-c2cc[n+](CCS(=O)(=O)[O-])nc2)n1. The minimum absolute atomic E-state index is 0.0276. The summed E-state index contributed by atoms with van der Waals surface area (Å²) in [6, 6.07) is 3.61. The van der Waals surface area contributed by atoms with Crippen molar-refractivity contribution in [3.63, 3.8) is 0 Å². The zero-order valence-electron chi connectivity index (χ0n) is 11.1. The molecule has 106 valence electrons. The van der Waals surface area contributed by atoms with E-state index in [0.29, 0.717) is 5.82 Å². The Bertz CT molecular complexity index is 694. The first-order chi connectivity index (χ1) is 9.33. The first kappa shape index (κ1) is 14.5. The van der Waals surface area contributed by atoms with Gasteiger partial charge in [0.2, 0.25) is 0 Å². The minimum atomic E-state index is -4.23. The number of nitrogens with zero attached hydrogens (tertiary/aromatic N) is 4. The first-order valence-corrected chi connectivity index (χ1v) is 7.53. The quantitative estimate of drug-likeness (QED) is 0.580. The van der Waals surface area contributed by atoms with Crippen molar-refractivity contribution in [2.24, 2.45) is 0 Å². The summed E-state index contributed by atoms with van der Waals surface area (Å²) in [4.78, 5) is 8.63. The van der Waals surface area contributed by atoms with E-state index < -0.39 is 15.9 Å². The van der Waals surface area contributed by atoms with Gasteiger partial charge in [-0.1, -0.05) is 4.68 Å². The maximum atomic E-state index is 10.6. The average molecular weight is 294 g/mol. The Morgan fingerprint density at radius 1 is 1.25 bits per heavy atom. The first-order valence-electron chi connectivity index (χ1n) is 5.95. The fourth-order valence-corrected chi connectivity index (χ4v) is 2.12. The van der Waals surface area contributed by atoms with E-state index in [0.717, 1.165) is 17.0 Å². The van der Waals surface area contributed by atoms with Gasteiger partial charge in [-0.3, -0.25) is 0 Å². The standard InChI is InChI=1S/C12H14N4O3S/c1-9-7-10(2)15-12(14-9)11-3-4-16(13-8-11)5-6-20(17,18)19/h3-4,7-8H,5-6H2,1-2H3. The lowest BCUT2D eigenvalue weighted by molar-refractivity contribution is -0.750. The third-order valence-electron chi connectivity index (χ3n) is 2.58. The van der Waals surface area contributed by atoms with Crippen LogP contribution in [0.25, 0.3) is 11.4 Å². The largest absolute Gasteiger partial charge is 0.748 e. The summed E-state index contributed by atoms with van der Waals surface area (Å²) in [7, 11) is -4.23. The van der Waals surface area contributed by atoms with Crippen molar-refractivity contribution in [2.45, 2.75) is 20.4 Å². The fraction of sp³-hybridized carbons (Fsp3) is 0.333. The highest BCUT2D eigenvalue weighted by atomic mass is 32.2. The van der Waals surface area contributed by atoms with Crippen molar-refractivity contribution in [3.8, 4) is 11.4 Å². The van der Waals surface area contributed by atoms with Crippen LogP contribution in [0.2, 0.25) is 0 Å². The van der Waals surface area contributed by atoms with E-state index in [9.17, 15) is 13.0 Å². The summed E-state index contributed by atoms with van der Waals surface area (Å²) >= 11 is 0. The van der Waals surface area contributed by atoms with Gasteiger partial charge in [-0.25, -0.2) is 18.4 Å². The van der Waals surface area contributed by atoms with Crippen molar-refractivity contribution in [1.82, 2.24) is 15.1 Å². The molecule has 2 aromatic heterocycles. The molecule has 0 spiro atoms. The molecule has 0 bridgehead atoms. The van der Waals surface area contributed by atoms with Crippen molar-refractivity contribution in [2.75, 3.05) is 5.75 Å². The Morgan fingerprint density at radius 2 is 1.90 bits per heavy atom. The van der Waals surface area contributed by atoms with E-state index in [-0.39, 0.29) is 6.54 Å². The van der Waals surface area contributed by atoms with Gasteiger partial charge >= 0.3 is 0 Å². The summed E-state index contributed by atoms with van der Waals surface area (Å²) in [5.41, 5.74) is 2.46. The van der Waals surface area contributed by atoms with Crippen molar-refractivity contribution < 1.29 is 17.7 Å². The van der Waals surface area contributed by atoms with Crippen molar-refractivity contribution in [3.05, 3.63) is 35.9 Å². The molecule has 2 aromatic rings. The maximum absolute atomic E-state index is 10.6. The van der Waals surface area contributed by atoms with Crippen LogP contribution < -0.4 is 4.68 Å². The molecule has 0 aromatic carbocycles. The van der Waals surface area contributed by atoms with Gasteiger partial charge in [0.1, 0.15) is 16.3 Å². The summed E-state index contributed by atoms with van der Waals surface area (Å²) in [5.74, 6) is 0.0861. The number of aryl methyl sites for hydroxylation is 3. The number of hydrogen-bond acceptors (Lipinski definition) is 6. The Morgan fingerprint density at radius 3 is 2.40 bits per heavy atom. The molecule has 0 unspecified atom stereocenters. The Kier molecular flexibility index (Phi) is 4.05. The highest BCUT2D eigenvalue weighted by molar-refractivity contribution is 7.85. The van der Waals surface area contributed by atoms with E-state index in [2.05, 4.69) is 15.1 Å². The highest BCUT2D eigenvalue weighted by Crippen LogP contribution is 2.12.